The molecule has 1 aliphatic rings. The number of aliphatic hydroxyl groups excluding tert-OH is 1. The van der Waals surface area contributed by atoms with Gasteiger partial charge in [0.05, 0.1) is 6.61 Å². The van der Waals surface area contributed by atoms with Crippen LogP contribution in [0.1, 0.15) is 12.8 Å². The van der Waals surface area contributed by atoms with Crippen LogP contribution in [0.25, 0.3) is 0 Å². The Balaban J connectivity index is 1.78. The maximum atomic E-state index is 8.55. The summed E-state index contributed by atoms with van der Waals surface area (Å²) < 4.78 is 5.25. The Hall–Kier alpha value is 0.230. The van der Waals surface area contributed by atoms with Crippen molar-refractivity contribution < 1.29 is 9.84 Å². The summed E-state index contributed by atoms with van der Waals surface area (Å²) in [5, 5.41) is 12.0. The minimum Gasteiger partial charge on any atom is -0.396 e. The van der Waals surface area contributed by atoms with E-state index in [4.69, 9.17) is 9.84 Å². The second-order valence-electron chi connectivity index (χ2n) is 3.20. The van der Waals surface area contributed by atoms with E-state index in [0.717, 1.165) is 44.1 Å². The summed E-state index contributed by atoms with van der Waals surface area (Å²) in [7, 11) is 0. The molecule has 0 aromatic rings. The first-order valence-corrected chi connectivity index (χ1v) is 6.08. The van der Waals surface area contributed by atoms with Crippen LogP contribution in [0.15, 0.2) is 0 Å². The molecule has 13 heavy (non-hydrogen) atoms. The van der Waals surface area contributed by atoms with Gasteiger partial charge < -0.3 is 15.2 Å². The van der Waals surface area contributed by atoms with Crippen LogP contribution in [0.4, 0.5) is 0 Å². The maximum Gasteiger partial charge on any atom is 0.0620 e. The van der Waals surface area contributed by atoms with E-state index < -0.39 is 0 Å². The van der Waals surface area contributed by atoms with E-state index in [9.17, 15) is 0 Å². The van der Waals surface area contributed by atoms with Crippen molar-refractivity contribution in [2.24, 2.45) is 0 Å². The Morgan fingerprint density at radius 3 is 3.08 bits per heavy atom. The first kappa shape index (κ1) is 11.3. The molecule has 2 N–H and O–H groups in total. The summed E-state index contributed by atoms with van der Waals surface area (Å²) in [6.07, 6.45) is 2.07. The molecular weight excluding hydrogens is 186 g/mol. The molecule has 1 atom stereocenters. The quantitative estimate of drug-likeness (QED) is 0.593. The van der Waals surface area contributed by atoms with Crippen molar-refractivity contribution in [1.82, 2.24) is 5.32 Å². The zero-order valence-corrected chi connectivity index (χ0v) is 8.81. The summed E-state index contributed by atoms with van der Waals surface area (Å²) in [6.45, 7) is 3.16. The highest BCUT2D eigenvalue weighted by Crippen LogP contribution is 2.04. The van der Waals surface area contributed by atoms with Crippen molar-refractivity contribution in [3.63, 3.8) is 0 Å². The maximum absolute atomic E-state index is 8.55. The molecule has 78 valence electrons. The minimum atomic E-state index is 0.316. The van der Waals surface area contributed by atoms with E-state index in [-0.39, 0.29) is 0 Å². The minimum absolute atomic E-state index is 0.316. The molecule has 0 aromatic carbocycles. The number of rotatable bonds is 7. The van der Waals surface area contributed by atoms with Crippen molar-refractivity contribution in [1.29, 1.82) is 0 Å². The van der Waals surface area contributed by atoms with E-state index in [1.54, 1.807) is 0 Å². The highest BCUT2D eigenvalue weighted by molar-refractivity contribution is 7.99. The summed E-state index contributed by atoms with van der Waals surface area (Å²) in [5.74, 6) is 2.20. The number of nitrogens with one attached hydrogen (secondary N) is 1. The molecule has 0 bridgehead atoms. The van der Waals surface area contributed by atoms with E-state index in [2.05, 4.69) is 5.32 Å². The molecule has 0 aliphatic carbocycles. The lowest BCUT2D eigenvalue weighted by atomic mass is 10.3. The highest BCUT2D eigenvalue weighted by Gasteiger charge is 2.13. The van der Waals surface area contributed by atoms with Gasteiger partial charge in [-0.3, -0.25) is 0 Å². The summed E-state index contributed by atoms with van der Waals surface area (Å²) in [6, 6.07) is 0.582. The monoisotopic (exact) mass is 205 g/mol. The first-order valence-electron chi connectivity index (χ1n) is 4.93. The molecule has 1 heterocycles. The first-order chi connectivity index (χ1) is 6.43. The molecular formula is C9H19NO2S. The Kier molecular flexibility index (Phi) is 6.62. The molecule has 1 aliphatic heterocycles. The van der Waals surface area contributed by atoms with Crippen LogP contribution >= 0.6 is 11.8 Å². The van der Waals surface area contributed by atoms with Crippen molar-refractivity contribution in [3.05, 3.63) is 0 Å². The van der Waals surface area contributed by atoms with Crippen LogP contribution in [0, 0.1) is 0 Å². The average Bonchev–Trinajstić information content (AvgIpc) is 2.63. The third-order valence-corrected chi connectivity index (χ3v) is 3.13. The number of ether oxygens (including phenoxy) is 1. The normalized spacial score (nSPS) is 22.4. The SMILES string of the molecule is OCCCSCCNC1CCOC1. The second kappa shape index (κ2) is 7.62. The van der Waals surface area contributed by atoms with Gasteiger partial charge in [-0.25, -0.2) is 0 Å². The Morgan fingerprint density at radius 1 is 1.46 bits per heavy atom. The van der Waals surface area contributed by atoms with Crippen LogP contribution in [0.3, 0.4) is 0 Å². The fourth-order valence-corrected chi connectivity index (χ4v) is 2.10. The van der Waals surface area contributed by atoms with Gasteiger partial charge >= 0.3 is 0 Å². The largest absolute Gasteiger partial charge is 0.396 e. The van der Waals surface area contributed by atoms with Crippen LogP contribution in [0.5, 0.6) is 0 Å². The Morgan fingerprint density at radius 2 is 2.38 bits per heavy atom. The van der Waals surface area contributed by atoms with Gasteiger partial charge in [-0.1, -0.05) is 0 Å². The van der Waals surface area contributed by atoms with Gasteiger partial charge in [0.1, 0.15) is 0 Å². The van der Waals surface area contributed by atoms with Gasteiger partial charge in [0.15, 0.2) is 0 Å². The smallest absolute Gasteiger partial charge is 0.0620 e. The molecule has 0 aromatic heterocycles. The van der Waals surface area contributed by atoms with Crippen molar-refractivity contribution in [2.45, 2.75) is 18.9 Å². The summed E-state index contributed by atoms with van der Waals surface area (Å²) >= 11 is 1.90. The third kappa shape index (κ3) is 5.52. The average molecular weight is 205 g/mol. The molecule has 1 unspecified atom stereocenters. The number of aliphatic hydroxyl groups is 1. The highest BCUT2D eigenvalue weighted by atomic mass is 32.2. The van der Waals surface area contributed by atoms with Gasteiger partial charge in [0.25, 0.3) is 0 Å². The van der Waals surface area contributed by atoms with E-state index in [1.807, 2.05) is 11.8 Å². The molecule has 0 amide bonds. The molecule has 3 nitrogen and oxygen atoms in total. The van der Waals surface area contributed by atoms with E-state index in [0.29, 0.717) is 12.6 Å². The molecule has 1 saturated heterocycles. The predicted octanol–water partition coefficient (Wildman–Crippen LogP) is 0.480. The zero-order chi connectivity index (χ0) is 9.36. The lowest BCUT2D eigenvalue weighted by Gasteiger charge is -2.09. The Bertz CT molecular complexity index is 118. The topological polar surface area (TPSA) is 41.5 Å². The van der Waals surface area contributed by atoms with Crippen molar-refractivity contribution in [2.75, 3.05) is 37.9 Å². The van der Waals surface area contributed by atoms with Gasteiger partial charge in [-0.15, -0.1) is 0 Å². The molecule has 4 heteroatoms. The fourth-order valence-electron chi connectivity index (χ4n) is 1.30. The Labute approximate surface area is 84.2 Å². The molecule has 0 saturated carbocycles. The van der Waals surface area contributed by atoms with Crippen molar-refractivity contribution >= 4 is 11.8 Å². The summed E-state index contributed by atoms with van der Waals surface area (Å²) in [5.41, 5.74) is 0. The van der Waals surface area contributed by atoms with Gasteiger partial charge in [0, 0.05) is 31.6 Å². The number of hydrogen-bond acceptors (Lipinski definition) is 4. The lowest BCUT2D eigenvalue weighted by molar-refractivity contribution is 0.190. The van der Waals surface area contributed by atoms with E-state index >= 15 is 0 Å². The van der Waals surface area contributed by atoms with Gasteiger partial charge in [0.2, 0.25) is 0 Å². The summed E-state index contributed by atoms with van der Waals surface area (Å²) in [4.78, 5) is 0. The molecule has 0 radical (unpaired) electrons. The predicted molar refractivity (Wildman–Crippen MR) is 56.3 cm³/mol. The number of thioether (sulfide) groups is 1. The van der Waals surface area contributed by atoms with Crippen LogP contribution in [-0.2, 0) is 4.74 Å². The van der Waals surface area contributed by atoms with Crippen LogP contribution in [0.2, 0.25) is 0 Å². The van der Waals surface area contributed by atoms with E-state index in [1.165, 1.54) is 0 Å². The van der Waals surface area contributed by atoms with Gasteiger partial charge in [-0.2, -0.15) is 11.8 Å². The zero-order valence-electron chi connectivity index (χ0n) is 8.00. The number of hydrogen-bond donors (Lipinski definition) is 2. The standard InChI is InChI=1S/C9H19NO2S/c11-4-1-6-13-7-3-10-9-2-5-12-8-9/h9-11H,1-8H2. The molecule has 0 spiro atoms. The van der Waals surface area contributed by atoms with Gasteiger partial charge in [-0.05, 0) is 18.6 Å². The van der Waals surface area contributed by atoms with Crippen LogP contribution < -0.4 is 5.32 Å². The second-order valence-corrected chi connectivity index (χ2v) is 4.43. The third-order valence-electron chi connectivity index (χ3n) is 2.06. The lowest BCUT2D eigenvalue weighted by Crippen LogP contribution is -2.31. The van der Waals surface area contributed by atoms with Crippen molar-refractivity contribution in [3.8, 4) is 0 Å². The molecule has 1 rings (SSSR count). The molecule has 1 fully saturated rings. The van der Waals surface area contributed by atoms with Crippen LogP contribution in [-0.4, -0.2) is 49.0 Å². The fraction of sp³-hybridized carbons (Fsp3) is 1.00.